The van der Waals surface area contributed by atoms with Crippen LogP contribution in [-0.2, 0) is 5.41 Å². The Labute approximate surface area is 110 Å². The number of rotatable bonds is 2. The zero-order valence-electron chi connectivity index (χ0n) is 11.8. The fraction of sp³-hybridized carbons (Fsp3) is 0.562. The molecule has 98 valence electrons. The summed E-state index contributed by atoms with van der Waals surface area (Å²) in [5.41, 5.74) is 3.44. The Kier molecular flexibility index (Phi) is 3.58. The number of Topliss-reactive ketones (excluding diaryl/α,β-unsaturated/α-hetero) is 1. The summed E-state index contributed by atoms with van der Waals surface area (Å²) in [6, 6.07) is 6.27. The van der Waals surface area contributed by atoms with E-state index in [4.69, 9.17) is 0 Å². The lowest BCUT2D eigenvalue weighted by Crippen LogP contribution is -2.19. The van der Waals surface area contributed by atoms with Gasteiger partial charge in [0.05, 0.1) is 0 Å². The molecule has 1 aliphatic heterocycles. The molecule has 0 radical (unpaired) electrons. The van der Waals surface area contributed by atoms with Crippen LogP contribution in [0, 0.1) is 12.8 Å². The second kappa shape index (κ2) is 4.85. The number of benzene rings is 1. The number of carbonyl (C=O) groups is 1. The molecule has 1 saturated heterocycles. The summed E-state index contributed by atoms with van der Waals surface area (Å²) in [5, 5.41) is 3.26. The van der Waals surface area contributed by atoms with Crippen molar-refractivity contribution in [3.8, 4) is 0 Å². The lowest BCUT2D eigenvalue weighted by molar-refractivity contribution is 0.0929. The van der Waals surface area contributed by atoms with Gasteiger partial charge in [-0.3, -0.25) is 4.79 Å². The predicted molar refractivity (Wildman–Crippen MR) is 75.2 cm³/mol. The molecule has 0 amide bonds. The van der Waals surface area contributed by atoms with Crippen molar-refractivity contribution in [2.45, 2.75) is 39.5 Å². The van der Waals surface area contributed by atoms with Gasteiger partial charge in [0, 0.05) is 18.0 Å². The van der Waals surface area contributed by atoms with Gasteiger partial charge in [0.15, 0.2) is 5.78 Å². The van der Waals surface area contributed by atoms with Crippen molar-refractivity contribution in [1.29, 1.82) is 0 Å². The molecule has 0 aromatic heterocycles. The van der Waals surface area contributed by atoms with Gasteiger partial charge in [0.25, 0.3) is 0 Å². The molecule has 1 aliphatic rings. The quantitative estimate of drug-likeness (QED) is 0.811. The third-order valence-electron chi connectivity index (χ3n) is 3.79. The van der Waals surface area contributed by atoms with Crippen molar-refractivity contribution in [3.05, 3.63) is 34.9 Å². The minimum atomic E-state index is 0.140. The number of ketones is 1. The van der Waals surface area contributed by atoms with Crippen molar-refractivity contribution in [1.82, 2.24) is 5.32 Å². The molecule has 0 bridgehead atoms. The van der Waals surface area contributed by atoms with Crippen LogP contribution in [0.5, 0.6) is 0 Å². The van der Waals surface area contributed by atoms with E-state index in [1.807, 2.05) is 13.0 Å². The van der Waals surface area contributed by atoms with Crippen molar-refractivity contribution < 1.29 is 4.79 Å². The van der Waals surface area contributed by atoms with Gasteiger partial charge in [0.1, 0.15) is 0 Å². The topological polar surface area (TPSA) is 29.1 Å². The van der Waals surface area contributed by atoms with Gasteiger partial charge in [-0.15, -0.1) is 0 Å². The van der Waals surface area contributed by atoms with Crippen LogP contribution in [0.4, 0.5) is 0 Å². The van der Waals surface area contributed by atoms with Crippen LogP contribution >= 0.6 is 0 Å². The molecule has 2 rings (SSSR count). The van der Waals surface area contributed by atoms with E-state index < -0.39 is 0 Å². The monoisotopic (exact) mass is 245 g/mol. The fourth-order valence-corrected chi connectivity index (χ4v) is 2.50. The number of hydrogen-bond acceptors (Lipinski definition) is 2. The third-order valence-corrected chi connectivity index (χ3v) is 3.79. The van der Waals surface area contributed by atoms with Crippen molar-refractivity contribution >= 4 is 5.78 Å². The number of nitrogens with one attached hydrogen (secondary N) is 1. The van der Waals surface area contributed by atoms with Gasteiger partial charge in [-0.05, 0) is 36.4 Å². The number of carbonyl (C=O) groups excluding carboxylic acids is 1. The van der Waals surface area contributed by atoms with E-state index in [-0.39, 0.29) is 11.3 Å². The van der Waals surface area contributed by atoms with E-state index in [1.54, 1.807) is 0 Å². The molecule has 1 aromatic rings. The maximum absolute atomic E-state index is 12.4. The standard InChI is InChI=1S/C16H23NO/c1-11-9-13(16(2,3)4)5-6-14(11)15(18)12-7-8-17-10-12/h5-6,9,12,17H,7-8,10H2,1-4H3. The molecule has 0 aliphatic carbocycles. The summed E-state index contributed by atoms with van der Waals surface area (Å²) in [5.74, 6) is 0.474. The molecule has 0 saturated carbocycles. The van der Waals surface area contributed by atoms with E-state index in [0.29, 0.717) is 5.78 Å². The summed E-state index contributed by atoms with van der Waals surface area (Å²) >= 11 is 0. The highest BCUT2D eigenvalue weighted by Gasteiger charge is 2.25. The number of hydrogen-bond donors (Lipinski definition) is 1. The summed E-state index contributed by atoms with van der Waals surface area (Å²) < 4.78 is 0. The van der Waals surface area contributed by atoms with Gasteiger partial charge in [-0.2, -0.15) is 0 Å². The van der Waals surface area contributed by atoms with Gasteiger partial charge in [0.2, 0.25) is 0 Å². The maximum atomic E-state index is 12.4. The maximum Gasteiger partial charge on any atom is 0.167 e. The predicted octanol–water partition coefficient (Wildman–Crippen LogP) is 3.08. The molecular weight excluding hydrogens is 222 g/mol. The Morgan fingerprint density at radius 3 is 2.56 bits per heavy atom. The Morgan fingerprint density at radius 2 is 2.06 bits per heavy atom. The van der Waals surface area contributed by atoms with Gasteiger partial charge >= 0.3 is 0 Å². The van der Waals surface area contributed by atoms with Crippen LogP contribution in [0.1, 0.15) is 48.7 Å². The molecule has 18 heavy (non-hydrogen) atoms. The second-order valence-electron chi connectivity index (χ2n) is 6.33. The lowest BCUT2D eigenvalue weighted by Gasteiger charge is -2.21. The Bertz CT molecular complexity index is 451. The molecule has 1 N–H and O–H groups in total. The zero-order chi connectivity index (χ0) is 13.3. The fourth-order valence-electron chi connectivity index (χ4n) is 2.50. The van der Waals surface area contributed by atoms with E-state index in [2.05, 4.69) is 38.2 Å². The van der Waals surface area contributed by atoms with E-state index in [1.165, 1.54) is 5.56 Å². The van der Waals surface area contributed by atoms with Crippen molar-refractivity contribution in [2.24, 2.45) is 5.92 Å². The summed E-state index contributed by atoms with van der Waals surface area (Å²) in [7, 11) is 0. The Hall–Kier alpha value is -1.15. The first-order chi connectivity index (χ1) is 8.39. The average Bonchev–Trinajstić information content (AvgIpc) is 2.80. The van der Waals surface area contributed by atoms with Crippen LogP contribution in [0.15, 0.2) is 18.2 Å². The third kappa shape index (κ3) is 2.64. The number of aryl methyl sites for hydroxylation is 1. The van der Waals surface area contributed by atoms with Crippen LogP contribution in [0.3, 0.4) is 0 Å². The van der Waals surface area contributed by atoms with Crippen LogP contribution in [0.2, 0.25) is 0 Å². The smallest absolute Gasteiger partial charge is 0.167 e. The van der Waals surface area contributed by atoms with E-state index in [0.717, 1.165) is 30.6 Å². The molecule has 2 nitrogen and oxygen atoms in total. The highest BCUT2D eigenvalue weighted by molar-refractivity contribution is 5.99. The first-order valence-electron chi connectivity index (χ1n) is 6.75. The Balaban J connectivity index is 2.27. The first-order valence-corrected chi connectivity index (χ1v) is 6.75. The normalized spacial score (nSPS) is 20.1. The average molecular weight is 245 g/mol. The van der Waals surface area contributed by atoms with Crippen molar-refractivity contribution in [3.63, 3.8) is 0 Å². The second-order valence-corrected chi connectivity index (χ2v) is 6.33. The lowest BCUT2D eigenvalue weighted by atomic mass is 9.84. The molecule has 1 unspecified atom stereocenters. The molecule has 1 fully saturated rings. The van der Waals surface area contributed by atoms with Crippen LogP contribution in [0.25, 0.3) is 0 Å². The molecule has 1 heterocycles. The first kappa shape index (κ1) is 13.3. The Morgan fingerprint density at radius 1 is 1.33 bits per heavy atom. The van der Waals surface area contributed by atoms with Gasteiger partial charge in [-0.25, -0.2) is 0 Å². The summed E-state index contributed by atoms with van der Waals surface area (Å²) in [4.78, 5) is 12.4. The van der Waals surface area contributed by atoms with E-state index >= 15 is 0 Å². The molecule has 1 atom stereocenters. The highest BCUT2D eigenvalue weighted by Crippen LogP contribution is 2.26. The summed E-state index contributed by atoms with van der Waals surface area (Å²) in [6.07, 6.45) is 0.972. The largest absolute Gasteiger partial charge is 0.316 e. The highest BCUT2D eigenvalue weighted by atomic mass is 16.1. The van der Waals surface area contributed by atoms with Crippen LogP contribution < -0.4 is 5.32 Å². The molecule has 1 aromatic carbocycles. The molecule has 2 heteroatoms. The minimum absolute atomic E-state index is 0.140. The molecular formula is C16H23NO. The van der Waals surface area contributed by atoms with Crippen molar-refractivity contribution in [2.75, 3.05) is 13.1 Å². The minimum Gasteiger partial charge on any atom is -0.316 e. The zero-order valence-corrected chi connectivity index (χ0v) is 11.8. The van der Waals surface area contributed by atoms with Gasteiger partial charge < -0.3 is 5.32 Å². The summed E-state index contributed by atoms with van der Waals surface area (Å²) in [6.45, 7) is 10.4. The van der Waals surface area contributed by atoms with Crippen LogP contribution in [-0.4, -0.2) is 18.9 Å². The molecule has 0 spiro atoms. The van der Waals surface area contributed by atoms with E-state index in [9.17, 15) is 4.79 Å². The van der Waals surface area contributed by atoms with Gasteiger partial charge in [-0.1, -0.05) is 39.0 Å². The SMILES string of the molecule is Cc1cc(C(C)(C)C)ccc1C(=O)C1CCNC1.